The number of hydrogen-bond donors (Lipinski definition) is 1. The van der Waals surface area contributed by atoms with Gasteiger partial charge in [0.25, 0.3) is 5.91 Å². The quantitative estimate of drug-likeness (QED) is 0.849. The van der Waals surface area contributed by atoms with Crippen LogP contribution in [0.1, 0.15) is 22.3 Å². The molecule has 0 unspecified atom stereocenters. The van der Waals surface area contributed by atoms with Crippen LogP contribution in [0.3, 0.4) is 0 Å². The summed E-state index contributed by atoms with van der Waals surface area (Å²) >= 11 is 0. The zero-order valence-corrected chi connectivity index (χ0v) is 14.2. The summed E-state index contributed by atoms with van der Waals surface area (Å²) in [4.78, 5) is 23.9. The van der Waals surface area contributed by atoms with Crippen LogP contribution in [-0.2, 0) is 9.53 Å². The third-order valence-electron chi connectivity index (χ3n) is 3.77. The summed E-state index contributed by atoms with van der Waals surface area (Å²) < 4.78 is 29.5. The van der Waals surface area contributed by atoms with Crippen LogP contribution in [0.25, 0.3) is 0 Å². The minimum atomic E-state index is -0.766. The summed E-state index contributed by atoms with van der Waals surface area (Å²) in [5.41, 5.74) is 0.974. The van der Waals surface area contributed by atoms with Crippen LogP contribution in [0.15, 0.2) is 36.4 Å². The lowest BCUT2D eigenvalue weighted by Gasteiger charge is -2.10. The number of anilines is 1. The van der Waals surface area contributed by atoms with Crippen molar-refractivity contribution in [3.05, 3.63) is 53.3 Å². The van der Waals surface area contributed by atoms with E-state index < -0.39 is 24.3 Å². The highest BCUT2D eigenvalue weighted by Crippen LogP contribution is 2.32. The fourth-order valence-electron chi connectivity index (χ4n) is 2.37. The van der Waals surface area contributed by atoms with Crippen molar-refractivity contribution in [1.82, 2.24) is 0 Å². The number of ether oxygens (including phenoxy) is 3. The highest BCUT2D eigenvalue weighted by Gasteiger charge is 2.14. The van der Waals surface area contributed by atoms with Crippen LogP contribution in [-0.4, -0.2) is 31.7 Å². The Morgan fingerprint density at radius 3 is 2.65 bits per heavy atom. The van der Waals surface area contributed by atoms with E-state index in [9.17, 15) is 14.0 Å². The molecule has 0 aromatic heterocycles. The first-order valence-electron chi connectivity index (χ1n) is 8.16. The van der Waals surface area contributed by atoms with E-state index >= 15 is 0 Å². The highest BCUT2D eigenvalue weighted by atomic mass is 19.1. The summed E-state index contributed by atoms with van der Waals surface area (Å²) in [5, 5.41) is 2.61. The van der Waals surface area contributed by atoms with E-state index in [4.69, 9.17) is 14.2 Å². The molecule has 1 aliphatic rings. The molecule has 1 heterocycles. The summed E-state index contributed by atoms with van der Waals surface area (Å²) in [5.74, 6) is -0.616. The molecular formula is C19H18FNO5. The Labute approximate surface area is 149 Å². The molecule has 2 aromatic carbocycles. The van der Waals surface area contributed by atoms with Gasteiger partial charge >= 0.3 is 5.97 Å². The van der Waals surface area contributed by atoms with Crippen LogP contribution in [0.2, 0.25) is 0 Å². The van der Waals surface area contributed by atoms with Gasteiger partial charge in [-0.1, -0.05) is 6.07 Å². The van der Waals surface area contributed by atoms with Crippen LogP contribution in [0, 0.1) is 12.7 Å². The molecule has 0 radical (unpaired) electrons. The van der Waals surface area contributed by atoms with E-state index in [1.165, 1.54) is 12.1 Å². The average Bonchev–Trinajstić information content (AvgIpc) is 2.87. The van der Waals surface area contributed by atoms with Gasteiger partial charge < -0.3 is 19.5 Å². The fraction of sp³-hybridized carbons (Fsp3) is 0.263. The number of fused-ring (bicyclic) bond motifs is 1. The molecule has 0 aliphatic carbocycles. The van der Waals surface area contributed by atoms with E-state index in [1.807, 2.05) is 0 Å². The SMILES string of the molecule is Cc1ccc(C(=O)OCC(=O)Nc2ccc3c(c2)OCCCO3)cc1F. The molecule has 1 aliphatic heterocycles. The van der Waals surface area contributed by atoms with Gasteiger partial charge in [0.15, 0.2) is 18.1 Å². The Bertz CT molecular complexity index is 837. The number of aryl methyl sites for hydroxylation is 1. The smallest absolute Gasteiger partial charge is 0.338 e. The molecule has 26 heavy (non-hydrogen) atoms. The average molecular weight is 359 g/mol. The Kier molecular flexibility index (Phi) is 5.36. The van der Waals surface area contributed by atoms with Crippen molar-refractivity contribution in [1.29, 1.82) is 0 Å². The molecule has 0 fully saturated rings. The Hall–Kier alpha value is -3.09. The van der Waals surface area contributed by atoms with E-state index in [0.717, 1.165) is 12.5 Å². The van der Waals surface area contributed by atoms with Crippen LogP contribution >= 0.6 is 0 Å². The predicted molar refractivity (Wildman–Crippen MR) is 92.1 cm³/mol. The van der Waals surface area contributed by atoms with Gasteiger partial charge in [-0.2, -0.15) is 0 Å². The third-order valence-corrected chi connectivity index (χ3v) is 3.77. The van der Waals surface area contributed by atoms with Gasteiger partial charge in [0, 0.05) is 18.2 Å². The number of rotatable bonds is 4. The zero-order chi connectivity index (χ0) is 18.5. The van der Waals surface area contributed by atoms with Gasteiger partial charge in [-0.05, 0) is 36.8 Å². The topological polar surface area (TPSA) is 73.9 Å². The molecule has 0 spiro atoms. The number of carbonyl (C=O) groups excluding carboxylic acids is 2. The molecule has 6 nitrogen and oxygen atoms in total. The molecule has 0 bridgehead atoms. The van der Waals surface area contributed by atoms with E-state index in [1.54, 1.807) is 25.1 Å². The van der Waals surface area contributed by atoms with Crippen LogP contribution < -0.4 is 14.8 Å². The molecule has 0 saturated carbocycles. The first-order chi connectivity index (χ1) is 12.5. The number of nitrogens with one attached hydrogen (secondary N) is 1. The van der Waals surface area contributed by atoms with Crippen molar-refractivity contribution in [3.63, 3.8) is 0 Å². The van der Waals surface area contributed by atoms with Gasteiger partial charge in [-0.25, -0.2) is 9.18 Å². The van der Waals surface area contributed by atoms with Crippen molar-refractivity contribution >= 4 is 17.6 Å². The van der Waals surface area contributed by atoms with Gasteiger partial charge in [0.2, 0.25) is 0 Å². The van der Waals surface area contributed by atoms with E-state index in [2.05, 4.69) is 5.32 Å². The number of esters is 1. The second-order valence-corrected chi connectivity index (χ2v) is 5.80. The Morgan fingerprint density at radius 2 is 1.88 bits per heavy atom. The van der Waals surface area contributed by atoms with E-state index in [0.29, 0.717) is 36.0 Å². The number of benzene rings is 2. The summed E-state index contributed by atoms with van der Waals surface area (Å²) in [7, 11) is 0. The summed E-state index contributed by atoms with van der Waals surface area (Å²) in [6, 6.07) is 9.03. The van der Waals surface area contributed by atoms with Crippen molar-refractivity contribution in [3.8, 4) is 11.5 Å². The Balaban J connectivity index is 1.56. The maximum absolute atomic E-state index is 13.5. The Morgan fingerprint density at radius 1 is 1.12 bits per heavy atom. The first kappa shape index (κ1) is 17.7. The minimum absolute atomic E-state index is 0.0523. The minimum Gasteiger partial charge on any atom is -0.490 e. The second kappa shape index (κ2) is 7.86. The molecule has 1 amide bonds. The number of amides is 1. The lowest BCUT2D eigenvalue weighted by molar-refractivity contribution is -0.119. The standard InChI is InChI=1S/C19H18FNO5/c1-12-3-4-13(9-15(12)20)19(23)26-11-18(22)21-14-5-6-16-17(10-14)25-8-2-7-24-16/h3-6,9-10H,2,7-8,11H2,1H3,(H,21,22). The molecular weight excluding hydrogens is 341 g/mol. The van der Waals surface area contributed by atoms with Gasteiger partial charge in [-0.15, -0.1) is 0 Å². The number of carbonyl (C=O) groups is 2. The largest absolute Gasteiger partial charge is 0.490 e. The molecule has 1 N–H and O–H groups in total. The zero-order valence-electron chi connectivity index (χ0n) is 14.2. The second-order valence-electron chi connectivity index (χ2n) is 5.80. The number of halogens is 1. The monoisotopic (exact) mass is 359 g/mol. The fourth-order valence-corrected chi connectivity index (χ4v) is 2.37. The normalized spacial score (nSPS) is 12.8. The van der Waals surface area contributed by atoms with Gasteiger partial charge in [0.05, 0.1) is 18.8 Å². The molecule has 7 heteroatoms. The molecule has 0 saturated heterocycles. The number of hydrogen-bond acceptors (Lipinski definition) is 5. The molecule has 136 valence electrons. The summed E-state index contributed by atoms with van der Waals surface area (Å²) in [6.45, 7) is 2.22. The van der Waals surface area contributed by atoms with Gasteiger partial charge in [-0.3, -0.25) is 4.79 Å². The van der Waals surface area contributed by atoms with Crippen LogP contribution in [0.4, 0.5) is 10.1 Å². The molecule has 2 aromatic rings. The molecule has 3 rings (SSSR count). The maximum atomic E-state index is 13.5. The lowest BCUT2D eigenvalue weighted by atomic mass is 10.1. The highest BCUT2D eigenvalue weighted by molar-refractivity contribution is 5.95. The lowest BCUT2D eigenvalue weighted by Crippen LogP contribution is -2.21. The maximum Gasteiger partial charge on any atom is 0.338 e. The van der Waals surface area contributed by atoms with Crippen molar-refractivity contribution < 1.29 is 28.2 Å². The van der Waals surface area contributed by atoms with Crippen molar-refractivity contribution in [2.75, 3.05) is 25.1 Å². The third kappa shape index (κ3) is 4.30. The van der Waals surface area contributed by atoms with Crippen molar-refractivity contribution in [2.24, 2.45) is 0 Å². The van der Waals surface area contributed by atoms with Crippen LogP contribution in [0.5, 0.6) is 11.5 Å². The first-order valence-corrected chi connectivity index (χ1v) is 8.16. The van der Waals surface area contributed by atoms with Gasteiger partial charge in [0.1, 0.15) is 5.82 Å². The molecule has 0 atom stereocenters. The van der Waals surface area contributed by atoms with Crippen molar-refractivity contribution in [2.45, 2.75) is 13.3 Å². The predicted octanol–water partition coefficient (Wildman–Crippen LogP) is 3.09. The van der Waals surface area contributed by atoms with E-state index in [-0.39, 0.29) is 5.56 Å². The summed E-state index contributed by atoms with van der Waals surface area (Å²) in [6.07, 6.45) is 0.784.